The molecule has 10 heteroatoms. The quantitative estimate of drug-likeness (QED) is 0.366. The molecular weight excluding hydrogens is 452 g/mol. The molecule has 2 saturated heterocycles. The van der Waals surface area contributed by atoms with Gasteiger partial charge in [0.15, 0.2) is 0 Å². The van der Waals surface area contributed by atoms with Crippen LogP contribution in [0.15, 0.2) is 48.7 Å². The van der Waals surface area contributed by atoms with Gasteiger partial charge in [0.25, 0.3) is 5.69 Å². The minimum absolute atomic E-state index is 0.109. The average molecular weight is 479 g/mol. The summed E-state index contributed by atoms with van der Waals surface area (Å²) in [6.07, 6.45) is 5.81. The molecule has 3 fully saturated rings. The number of non-ortho nitro benzene ring substituents is 1. The summed E-state index contributed by atoms with van der Waals surface area (Å²) in [7, 11) is 0. The summed E-state index contributed by atoms with van der Waals surface area (Å²) in [6, 6.07) is 9.85. The van der Waals surface area contributed by atoms with Crippen LogP contribution in [0.3, 0.4) is 0 Å². The van der Waals surface area contributed by atoms with Crippen LogP contribution >= 0.6 is 0 Å². The molecule has 10 nitrogen and oxygen atoms in total. The van der Waals surface area contributed by atoms with Crippen LogP contribution in [0.2, 0.25) is 0 Å². The van der Waals surface area contributed by atoms with Crippen molar-refractivity contribution in [2.24, 2.45) is 11.8 Å². The second-order valence-corrected chi connectivity index (χ2v) is 9.60. The Hall–Kier alpha value is -3.66. The van der Waals surface area contributed by atoms with Crippen LogP contribution in [-0.4, -0.2) is 49.3 Å². The summed E-state index contributed by atoms with van der Waals surface area (Å²) in [5.74, 6) is -4.05. The third-order valence-electron chi connectivity index (χ3n) is 7.65. The van der Waals surface area contributed by atoms with Gasteiger partial charge in [0.05, 0.1) is 28.5 Å². The number of benzene rings is 1. The molecule has 1 aromatic heterocycles. The highest BCUT2D eigenvalue weighted by molar-refractivity contribution is 6.09. The average Bonchev–Trinajstić information content (AvgIpc) is 3.34. The summed E-state index contributed by atoms with van der Waals surface area (Å²) in [5.41, 5.74) is -0.861. The first kappa shape index (κ1) is 23.1. The van der Waals surface area contributed by atoms with Crippen LogP contribution in [0.5, 0.6) is 0 Å². The fraction of sp³-hybridized carbons (Fsp3) is 0.440. The Labute approximate surface area is 201 Å². The van der Waals surface area contributed by atoms with Crippen LogP contribution in [0.1, 0.15) is 49.4 Å². The molecule has 0 bridgehead atoms. The number of hydrogen-bond donors (Lipinski definition) is 2. The highest BCUT2D eigenvalue weighted by Crippen LogP contribution is 2.50. The van der Waals surface area contributed by atoms with E-state index in [1.807, 2.05) is 0 Å². The maximum absolute atomic E-state index is 13.8. The number of aliphatic carboxylic acids is 1. The minimum Gasteiger partial charge on any atom is -0.480 e. The number of likely N-dealkylation sites (tertiary alicyclic amines) is 1. The lowest BCUT2D eigenvalue weighted by atomic mass is 9.76. The Kier molecular flexibility index (Phi) is 5.84. The topological polar surface area (TPSA) is 143 Å². The van der Waals surface area contributed by atoms with Gasteiger partial charge in [-0.15, -0.1) is 0 Å². The molecule has 2 N–H and O–H groups in total. The van der Waals surface area contributed by atoms with Crippen LogP contribution in [0.4, 0.5) is 5.69 Å². The lowest BCUT2D eigenvalue weighted by Gasteiger charge is -2.34. The molecule has 1 aromatic carbocycles. The van der Waals surface area contributed by atoms with E-state index in [1.165, 1.54) is 29.2 Å². The number of nitrogens with one attached hydrogen (secondary N) is 1. The normalized spacial score (nSPS) is 28.8. The van der Waals surface area contributed by atoms with Crippen molar-refractivity contribution < 1.29 is 24.4 Å². The van der Waals surface area contributed by atoms with Gasteiger partial charge < -0.3 is 5.11 Å². The zero-order valence-electron chi connectivity index (χ0n) is 19.0. The number of aromatic nitrogens is 1. The van der Waals surface area contributed by atoms with E-state index >= 15 is 0 Å². The molecule has 0 radical (unpaired) electrons. The number of fused-ring (bicyclic) bond motifs is 1. The molecule has 2 aromatic rings. The van der Waals surface area contributed by atoms with Gasteiger partial charge in [-0.25, -0.2) is 0 Å². The largest absolute Gasteiger partial charge is 0.480 e. The number of carbonyl (C=O) groups excluding carboxylic acids is 2. The molecule has 2 amide bonds. The summed E-state index contributed by atoms with van der Waals surface area (Å²) < 4.78 is 0. The van der Waals surface area contributed by atoms with Gasteiger partial charge in [-0.1, -0.05) is 37.5 Å². The maximum atomic E-state index is 13.8. The molecule has 2 aliphatic heterocycles. The number of nitro groups is 1. The number of carbonyl (C=O) groups is 3. The van der Waals surface area contributed by atoms with E-state index in [9.17, 15) is 29.6 Å². The van der Waals surface area contributed by atoms with E-state index < -0.39 is 40.2 Å². The van der Waals surface area contributed by atoms with E-state index in [2.05, 4.69) is 10.3 Å². The molecule has 3 heterocycles. The number of nitrogens with zero attached hydrogens (tertiary/aromatic N) is 3. The van der Waals surface area contributed by atoms with E-state index in [0.29, 0.717) is 11.3 Å². The smallest absolute Gasteiger partial charge is 0.325 e. The van der Waals surface area contributed by atoms with Gasteiger partial charge >= 0.3 is 5.97 Å². The first-order valence-electron chi connectivity index (χ1n) is 11.9. The molecule has 35 heavy (non-hydrogen) atoms. The SMILES string of the molecule is O=C1C2C(c3ccccn3)NC(Cc3ccc([N+](=O)[O-])cc3)(C(=O)O)C2C(=O)N1C1CCCCC1. The Morgan fingerprint density at radius 1 is 1.11 bits per heavy atom. The number of carboxylic acid groups (broad SMARTS) is 1. The second kappa shape index (κ2) is 8.84. The standard InChI is InChI=1S/C25H26N4O6/c30-22-19-20(23(31)28(22)16-6-2-1-3-7-16)25(24(32)33,27-21(19)18-8-4-5-13-26-18)14-15-9-11-17(12-10-15)29(34)35/h4-5,8-13,16,19-21,27H,1-3,6-7,14H2,(H,32,33). The van der Waals surface area contributed by atoms with Gasteiger partial charge in [-0.3, -0.25) is 39.7 Å². The zero-order valence-corrected chi connectivity index (χ0v) is 19.0. The third kappa shape index (κ3) is 3.78. The van der Waals surface area contributed by atoms with Crippen molar-refractivity contribution in [1.29, 1.82) is 0 Å². The van der Waals surface area contributed by atoms with Crippen molar-refractivity contribution in [3.8, 4) is 0 Å². The van der Waals surface area contributed by atoms with Gasteiger partial charge in [-0.2, -0.15) is 0 Å². The zero-order chi connectivity index (χ0) is 24.7. The van der Waals surface area contributed by atoms with E-state index in [0.717, 1.165) is 32.1 Å². The number of pyridine rings is 1. The number of rotatable bonds is 6. The maximum Gasteiger partial charge on any atom is 0.325 e. The number of carboxylic acids is 1. The molecule has 3 aliphatic rings. The second-order valence-electron chi connectivity index (χ2n) is 9.60. The third-order valence-corrected chi connectivity index (χ3v) is 7.65. The van der Waals surface area contributed by atoms with E-state index in [-0.39, 0.29) is 24.1 Å². The van der Waals surface area contributed by atoms with Gasteiger partial charge in [0.2, 0.25) is 11.8 Å². The number of imide groups is 1. The highest BCUT2D eigenvalue weighted by Gasteiger charge is 2.69. The number of amides is 2. The first-order chi connectivity index (χ1) is 16.8. The molecular formula is C25H26N4O6. The van der Waals surface area contributed by atoms with Crippen LogP contribution < -0.4 is 5.32 Å². The molecule has 1 saturated carbocycles. The van der Waals surface area contributed by atoms with Gasteiger partial charge in [0, 0.05) is 30.8 Å². The predicted octanol–water partition coefficient (Wildman–Crippen LogP) is 2.63. The Balaban J connectivity index is 1.58. The summed E-state index contributed by atoms with van der Waals surface area (Å²) in [4.78, 5) is 56.7. The minimum atomic E-state index is -1.76. The Bertz CT molecular complexity index is 1160. The summed E-state index contributed by atoms with van der Waals surface area (Å²) in [6.45, 7) is 0. The first-order valence-corrected chi connectivity index (χ1v) is 11.9. The molecule has 182 valence electrons. The van der Waals surface area contributed by atoms with Crippen molar-refractivity contribution in [3.63, 3.8) is 0 Å². The van der Waals surface area contributed by atoms with Crippen LogP contribution in [-0.2, 0) is 20.8 Å². The van der Waals surface area contributed by atoms with Gasteiger partial charge in [-0.05, 0) is 30.5 Å². The van der Waals surface area contributed by atoms with Crippen molar-refractivity contribution in [1.82, 2.24) is 15.2 Å². The summed E-state index contributed by atoms with van der Waals surface area (Å²) >= 11 is 0. The molecule has 4 atom stereocenters. The Morgan fingerprint density at radius 2 is 1.83 bits per heavy atom. The fourth-order valence-electron chi connectivity index (χ4n) is 6.03. The lowest BCUT2D eigenvalue weighted by Crippen LogP contribution is -2.58. The summed E-state index contributed by atoms with van der Waals surface area (Å²) in [5, 5.41) is 24.7. The van der Waals surface area contributed by atoms with Crippen LogP contribution in [0.25, 0.3) is 0 Å². The molecule has 1 aliphatic carbocycles. The molecule has 0 spiro atoms. The number of nitro benzene ring substituents is 1. The van der Waals surface area contributed by atoms with E-state index in [4.69, 9.17) is 0 Å². The predicted molar refractivity (Wildman–Crippen MR) is 123 cm³/mol. The Morgan fingerprint density at radius 3 is 2.43 bits per heavy atom. The molecule has 5 rings (SSSR count). The monoisotopic (exact) mass is 478 g/mol. The van der Waals surface area contributed by atoms with Crippen molar-refractivity contribution in [2.75, 3.05) is 0 Å². The van der Waals surface area contributed by atoms with Crippen molar-refractivity contribution in [3.05, 3.63) is 70.0 Å². The highest BCUT2D eigenvalue weighted by atomic mass is 16.6. The van der Waals surface area contributed by atoms with Crippen molar-refractivity contribution >= 4 is 23.5 Å². The van der Waals surface area contributed by atoms with Crippen LogP contribution in [0, 0.1) is 22.0 Å². The fourth-order valence-corrected chi connectivity index (χ4v) is 6.03. The molecule has 4 unspecified atom stereocenters. The number of hydrogen-bond acceptors (Lipinski definition) is 7. The lowest BCUT2D eigenvalue weighted by molar-refractivity contribution is -0.384. The van der Waals surface area contributed by atoms with Gasteiger partial charge in [0.1, 0.15) is 5.54 Å². The van der Waals surface area contributed by atoms with Crippen molar-refractivity contribution in [2.45, 2.75) is 56.1 Å². The van der Waals surface area contributed by atoms with E-state index in [1.54, 1.807) is 24.4 Å².